The molecule has 0 aromatic rings. The maximum absolute atomic E-state index is 10.8. The van der Waals surface area contributed by atoms with Gasteiger partial charge in [-0.05, 0) is 12.8 Å². The Kier molecular flexibility index (Phi) is 2.16. The van der Waals surface area contributed by atoms with Gasteiger partial charge in [-0.2, -0.15) is 0 Å². The molecule has 0 aromatic heterocycles. The number of aldehydes is 1. The zero-order chi connectivity index (χ0) is 9.36. The summed E-state index contributed by atoms with van der Waals surface area (Å²) in [5, 5.41) is 0. The van der Waals surface area contributed by atoms with Crippen molar-refractivity contribution in [2.75, 3.05) is 13.2 Å². The molecule has 2 aliphatic rings. The first kappa shape index (κ1) is 9.16. The highest BCUT2D eigenvalue weighted by atomic mass is 16.7. The van der Waals surface area contributed by atoms with E-state index in [-0.39, 0.29) is 5.41 Å². The summed E-state index contributed by atoms with van der Waals surface area (Å²) in [6.45, 7) is 3.53. The molecule has 0 N–H and O–H groups in total. The van der Waals surface area contributed by atoms with E-state index in [0.29, 0.717) is 0 Å². The molecule has 1 aliphatic carbocycles. The zero-order valence-corrected chi connectivity index (χ0v) is 8.04. The van der Waals surface area contributed by atoms with Gasteiger partial charge in [0.2, 0.25) is 0 Å². The predicted octanol–water partition coefficient (Wildman–Crippen LogP) is 1.51. The molecule has 0 bridgehead atoms. The number of rotatable bonds is 1. The highest BCUT2D eigenvalue weighted by Gasteiger charge is 2.48. The summed E-state index contributed by atoms with van der Waals surface area (Å²) in [5.74, 6) is -0.423. The smallest absolute Gasteiger partial charge is 0.169 e. The van der Waals surface area contributed by atoms with Crippen LogP contribution in [0, 0.1) is 5.41 Å². The third kappa shape index (κ3) is 1.63. The quantitative estimate of drug-likeness (QED) is 0.579. The van der Waals surface area contributed by atoms with Gasteiger partial charge in [0, 0.05) is 18.3 Å². The van der Waals surface area contributed by atoms with Crippen LogP contribution in [0.5, 0.6) is 0 Å². The summed E-state index contributed by atoms with van der Waals surface area (Å²) in [5.41, 5.74) is -0.225. The van der Waals surface area contributed by atoms with Crippen molar-refractivity contribution < 1.29 is 14.3 Å². The number of carbonyl (C=O) groups excluding carboxylic acids is 1. The van der Waals surface area contributed by atoms with Gasteiger partial charge < -0.3 is 14.3 Å². The second-order valence-corrected chi connectivity index (χ2v) is 4.41. The van der Waals surface area contributed by atoms with Crippen molar-refractivity contribution in [1.29, 1.82) is 0 Å². The summed E-state index contributed by atoms with van der Waals surface area (Å²) in [4.78, 5) is 10.8. The Morgan fingerprint density at radius 3 is 2.46 bits per heavy atom. The van der Waals surface area contributed by atoms with E-state index in [9.17, 15) is 4.79 Å². The van der Waals surface area contributed by atoms with Crippen molar-refractivity contribution in [2.45, 2.75) is 38.4 Å². The van der Waals surface area contributed by atoms with E-state index in [2.05, 4.69) is 0 Å². The van der Waals surface area contributed by atoms with Gasteiger partial charge in [-0.15, -0.1) is 0 Å². The van der Waals surface area contributed by atoms with Crippen LogP contribution >= 0.6 is 0 Å². The molecule has 13 heavy (non-hydrogen) atoms. The van der Waals surface area contributed by atoms with Crippen LogP contribution in [0.2, 0.25) is 0 Å². The molecule has 1 unspecified atom stereocenters. The first-order chi connectivity index (χ1) is 6.18. The van der Waals surface area contributed by atoms with Gasteiger partial charge in [-0.1, -0.05) is 6.92 Å². The minimum Gasteiger partial charge on any atom is -0.350 e. The van der Waals surface area contributed by atoms with Crippen molar-refractivity contribution >= 4 is 6.29 Å². The maximum Gasteiger partial charge on any atom is 0.169 e. The molecule has 74 valence electrons. The van der Waals surface area contributed by atoms with Gasteiger partial charge in [0.05, 0.1) is 13.2 Å². The molecular formula is C10H16O3. The molecule has 2 rings (SSSR count). The number of hydrogen-bond acceptors (Lipinski definition) is 3. The Balaban J connectivity index is 2.06. The van der Waals surface area contributed by atoms with E-state index in [4.69, 9.17) is 9.47 Å². The predicted molar refractivity (Wildman–Crippen MR) is 47.3 cm³/mol. The first-order valence-corrected chi connectivity index (χ1v) is 4.92. The topological polar surface area (TPSA) is 35.5 Å². The standard InChI is InChI=1S/C10H16O3/c1-9(8-11)3-4-10(7-9)12-5-2-6-13-10/h8H,2-7H2,1H3. The number of carbonyl (C=O) groups is 1. The lowest BCUT2D eigenvalue weighted by molar-refractivity contribution is -0.264. The van der Waals surface area contributed by atoms with E-state index < -0.39 is 5.79 Å². The minimum absolute atomic E-state index is 0.225. The van der Waals surface area contributed by atoms with E-state index >= 15 is 0 Å². The SMILES string of the molecule is CC1(C=O)CCC2(C1)OCCCO2. The third-order valence-electron chi connectivity index (χ3n) is 3.05. The average molecular weight is 184 g/mol. The van der Waals surface area contributed by atoms with Crippen molar-refractivity contribution in [2.24, 2.45) is 5.41 Å². The van der Waals surface area contributed by atoms with E-state index in [0.717, 1.165) is 45.2 Å². The Hall–Kier alpha value is -0.410. The second kappa shape index (κ2) is 3.07. The lowest BCUT2D eigenvalue weighted by atomic mass is 9.90. The molecule has 0 aromatic carbocycles. The van der Waals surface area contributed by atoms with Crippen molar-refractivity contribution in [3.8, 4) is 0 Å². The minimum atomic E-state index is -0.423. The number of ether oxygens (including phenoxy) is 2. The van der Waals surface area contributed by atoms with Gasteiger partial charge in [0.15, 0.2) is 5.79 Å². The van der Waals surface area contributed by atoms with E-state index in [1.807, 2.05) is 6.92 Å². The molecule has 1 saturated carbocycles. The van der Waals surface area contributed by atoms with E-state index in [1.54, 1.807) is 0 Å². The number of hydrogen-bond donors (Lipinski definition) is 0. The lowest BCUT2D eigenvalue weighted by Crippen LogP contribution is -2.39. The summed E-state index contributed by atoms with van der Waals surface area (Å²) in [6, 6.07) is 0. The molecule has 3 nitrogen and oxygen atoms in total. The molecule has 1 spiro atoms. The molecule has 0 amide bonds. The molecule has 1 aliphatic heterocycles. The second-order valence-electron chi connectivity index (χ2n) is 4.41. The Bertz CT molecular complexity index is 208. The Labute approximate surface area is 78.4 Å². The lowest BCUT2D eigenvalue weighted by Gasteiger charge is -2.34. The van der Waals surface area contributed by atoms with Gasteiger partial charge in [-0.25, -0.2) is 0 Å². The summed E-state index contributed by atoms with van der Waals surface area (Å²) >= 11 is 0. The fourth-order valence-corrected chi connectivity index (χ4v) is 2.23. The molecule has 1 saturated heterocycles. The van der Waals surface area contributed by atoms with Crippen LogP contribution < -0.4 is 0 Å². The van der Waals surface area contributed by atoms with Crippen LogP contribution in [0.4, 0.5) is 0 Å². The first-order valence-electron chi connectivity index (χ1n) is 4.92. The van der Waals surface area contributed by atoms with Crippen molar-refractivity contribution in [3.05, 3.63) is 0 Å². The van der Waals surface area contributed by atoms with Crippen LogP contribution in [0.15, 0.2) is 0 Å². The molecule has 2 fully saturated rings. The fraction of sp³-hybridized carbons (Fsp3) is 0.900. The van der Waals surface area contributed by atoms with E-state index in [1.165, 1.54) is 0 Å². The zero-order valence-electron chi connectivity index (χ0n) is 8.04. The highest BCUT2D eigenvalue weighted by Crippen LogP contribution is 2.46. The average Bonchev–Trinajstić information content (AvgIpc) is 2.47. The largest absolute Gasteiger partial charge is 0.350 e. The third-order valence-corrected chi connectivity index (χ3v) is 3.05. The van der Waals surface area contributed by atoms with Crippen LogP contribution in [0.3, 0.4) is 0 Å². The fourth-order valence-electron chi connectivity index (χ4n) is 2.23. The Morgan fingerprint density at radius 2 is 1.92 bits per heavy atom. The molecule has 1 atom stereocenters. The van der Waals surface area contributed by atoms with Crippen LogP contribution in [-0.2, 0) is 14.3 Å². The molecule has 3 heteroatoms. The van der Waals surface area contributed by atoms with Gasteiger partial charge in [0.1, 0.15) is 6.29 Å². The normalized spacial score (nSPS) is 37.9. The van der Waals surface area contributed by atoms with Crippen LogP contribution in [-0.4, -0.2) is 25.3 Å². The van der Waals surface area contributed by atoms with Crippen LogP contribution in [0.1, 0.15) is 32.6 Å². The Morgan fingerprint density at radius 1 is 1.23 bits per heavy atom. The monoisotopic (exact) mass is 184 g/mol. The van der Waals surface area contributed by atoms with Crippen LogP contribution in [0.25, 0.3) is 0 Å². The van der Waals surface area contributed by atoms with Crippen molar-refractivity contribution in [3.63, 3.8) is 0 Å². The molecule has 0 radical (unpaired) electrons. The molecule has 1 heterocycles. The summed E-state index contributed by atoms with van der Waals surface area (Å²) in [6.07, 6.45) is 4.49. The summed E-state index contributed by atoms with van der Waals surface area (Å²) < 4.78 is 11.3. The summed E-state index contributed by atoms with van der Waals surface area (Å²) in [7, 11) is 0. The van der Waals surface area contributed by atoms with Gasteiger partial charge in [-0.3, -0.25) is 0 Å². The van der Waals surface area contributed by atoms with Crippen molar-refractivity contribution in [1.82, 2.24) is 0 Å². The highest BCUT2D eigenvalue weighted by molar-refractivity contribution is 5.59. The van der Waals surface area contributed by atoms with Gasteiger partial charge in [0.25, 0.3) is 0 Å². The van der Waals surface area contributed by atoms with Gasteiger partial charge >= 0.3 is 0 Å². The maximum atomic E-state index is 10.8. The molecular weight excluding hydrogens is 168 g/mol.